The minimum absolute atomic E-state index is 0.757. The van der Waals surface area contributed by atoms with Gasteiger partial charge in [-0.2, -0.15) is 0 Å². The first-order valence-electron chi connectivity index (χ1n) is 6.93. The lowest BCUT2D eigenvalue weighted by atomic mass is 10.2. The van der Waals surface area contributed by atoms with Crippen LogP contribution in [-0.2, 0) is 11.3 Å². The van der Waals surface area contributed by atoms with Crippen molar-refractivity contribution < 1.29 is 4.74 Å². The lowest BCUT2D eigenvalue weighted by Gasteiger charge is -2.20. The number of nitrogens with zero attached hydrogens (tertiary/aromatic N) is 2. The lowest BCUT2D eigenvalue weighted by molar-refractivity contribution is 0.152. The molecule has 0 amide bonds. The maximum absolute atomic E-state index is 5.46. The highest BCUT2D eigenvalue weighted by atomic mass is 16.5. The van der Waals surface area contributed by atoms with E-state index in [1.807, 2.05) is 6.20 Å². The Kier molecular flexibility index (Phi) is 3.76. The van der Waals surface area contributed by atoms with E-state index in [1.54, 1.807) is 0 Å². The fourth-order valence-corrected chi connectivity index (χ4v) is 2.23. The average Bonchev–Trinajstić information content (AvgIpc) is 3.24. The van der Waals surface area contributed by atoms with Crippen LogP contribution in [0.1, 0.15) is 24.8 Å². The third-order valence-electron chi connectivity index (χ3n) is 3.53. The summed E-state index contributed by atoms with van der Waals surface area (Å²) < 4.78 is 5.46. The van der Waals surface area contributed by atoms with Crippen molar-refractivity contribution in [3.63, 3.8) is 0 Å². The first kappa shape index (κ1) is 11.9. The van der Waals surface area contributed by atoms with E-state index >= 15 is 0 Å². The lowest BCUT2D eigenvalue weighted by Crippen LogP contribution is -2.26. The number of aromatic nitrogens is 1. The number of ether oxygens (including phenoxy) is 1. The molecule has 4 heteroatoms. The monoisotopic (exact) mass is 247 g/mol. The molecule has 0 radical (unpaired) electrons. The SMILES string of the molecule is c1cc(N2CCCOCC2)ncc1CNC1CC1. The van der Waals surface area contributed by atoms with Gasteiger partial charge in [-0.1, -0.05) is 6.07 Å². The maximum atomic E-state index is 5.46. The maximum Gasteiger partial charge on any atom is 0.128 e. The van der Waals surface area contributed by atoms with Gasteiger partial charge in [-0.3, -0.25) is 0 Å². The van der Waals surface area contributed by atoms with Crippen LogP contribution in [0.5, 0.6) is 0 Å². The van der Waals surface area contributed by atoms with Crippen molar-refractivity contribution in [2.45, 2.75) is 31.8 Å². The molecule has 2 aliphatic rings. The molecule has 0 spiro atoms. The third-order valence-corrected chi connectivity index (χ3v) is 3.53. The first-order chi connectivity index (χ1) is 8.92. The van der Waals surface area contributed by atoms with Crippen molar-refractivity contribution >= 4 is 5.82 Å². The molecular formula is C14H21N3O. The Labute approximate surface area is 108 Å². The van der Waals surface area contributed by atoms with Crippen LogP contribution >= 0.6 is 0 Å². The van der Waals surface area contributed by atoms with E-state index in [4.69, 9.17) is 4.74 Å². The molecule has 1 N–H and O–H groups in total. The van der Waals surface area contributed by atoms with E-state index in [-0.39, 0.29) is 0 Å². The van der Waals surface area contributed by atoms with Gasteiger partial charge in [0.05, 0.1) is 6.61 Å². The van der Waals surface area contributed by atoms with E-state index in [0.717, 1.165) is 51.1 Å². The Bertz CT molecular complexity index is 367. The molecule has 1 aromatic rings. The summed E-state index contributed by atoms with van der Waals surface area (Å²) in [5.74, 6) is 1.08. The van der Waals surface area contributed by atoms with Gasteiger partial charge in [-0.15, -0.1) is 0 Å². The van der Waals surface area contributed by atoms with Gasteiger partial charge >= 0.3 is 0 Å². The number of pyridine rings is 1. The molecule has 0 aromatic carbocycles. The van der Waals surface area contributed by atoms with E-state index in [9.17, 15) is 0 Å². The predicted molar refractivity (Wildman–Crippen MR) is 71.7 cm³/mol. The summed E-state index contributed by atoms with van der Waals surface area (Å²) in [6.07, 6.45) is 5.75. The number of anilines is 1. The van der Waals surface area contributed by atoms with E-state index in [2.05, 4.69) is 27.3 Å². The van der Waals surface area contributed by atoms with E-state index in [0.29, 0.717) is 0 Å². The second-order valence-electron chi connectivity index (χ2n) is 5.13. The highest BCUT2D eigenvalue weighted by Gasteiger charge is 2.20. The Balaban J connectivity index is 1.58. The predicted octanol–water partition coefficient (Wildman–Crippen LogP) is 1.56. The van der Waals surface area contributed by atoms with Gasteiger partial charge in [-0.25, -0.2) is 4.98 Å². The molecule has 1 saturated heterocycles. The summed E-state index contributed by atoms with van der Waals surface area (Å²) in [6.45, 7) is 4.63. The van der Waals surface area contributed by atoms with Crippen LogP contribution in [0.4, 0.5) is 5.82 Å². The van der Waals surface area contributed by atoms with Crippen molar-refractivity contribution in [1.29, 1.82) is 0 Å². The molecule has 0 unspecified atom stereocenters. The molecule has 3 rings (SSSR count). The van der Waals surface area contributed by atoms with Gasteiger partial charge in [-0.05, 0) is 30.9 Å². The summed E-state index contributed by atoms with van der Waals surface area (Å²) in [5, 5.41) is 3.51. The smallest absolute Gasteiger partial charge is 0.128 e. The minimum Gasteiger partial charge on any atom is -0.380 e. The molecule has 2 fully saturated rings. The molecule has 98 valence electrons. The van der Waals surface area contributed by atoms with Crippen molar-refractivity contribution in [2.24, 2.45) is 0 Å². The van der Waals surface area contributed by atoms with Crippen molar-refractivity contribution in [3.05, 3.63) is 23.9 Å². The highest BCUT2D eigenvalue weighted by molar-refractivity contribution is 5.39. The zero-order chi connectivity index (χ0) is 12.2. The van der Waals surface area contributed by atoms with Gasteiger partial charge in [0.1, 0.15) is 5.82 Å². The minimum atomic E-state index is 0.757. The molecule has 0 bridgehead atoms. The number of hydrogen-bond acceptors (Lipinski definition) is 4. The van der Waals surface area contributed by atoms with Crippen LogP contribution < -0.4 is 10.2 Å². The van der Waals surface area contributed by atoms with Gasteiger partial charge < -0.3 is 15.0 Å². The van der Waals surface area contributed by atoms with Gasteiger partial charge in [0.25, 0.3) is 0 Å². The summed E-state index contributed by atoms with van der Waals surface area (Å²) in [4.78, 5) is 6.88. The highest BCUT2D eigenvalue weighted by Crippen LogP contribution is 2.19. The second-order valence-corrected chi connectivity index (χ2v) is 5.13. The zero-order valence-corrected chi connectivity index (χ0v) is 10.8. The molecule has 2 heterocycles. The van der Waals surface area contributed by atoms with Crippen LogP contribution in [-0.4, -0.2) is 37.3 Å². The molecule has 18 heavy (non-hydrogen) atoms. The first-order valence-corrected chi connectivity index (χ1v) is 6.93. The Morgan fingerprint density at radius 2 is 2.22 bits per heavy atom. The van der Waals surface area contributed by atoms with Crippen molar-refractivity contribution in [3.8, 4) is 0 Å². The topological polar surface area (TPSA) is 37.4 Å². The Morgan fingerprint density at radius 1 is 1.28 bits per heavy atom. The van der Waals surface area contributed by atoms with Crippen LogP contribution in [0, 0.1) is 0 Å². The molecule has 0 atom stereocenters. The fraction of sp³-hybridized carbons (Fsp3) is 0.643. The summed E-state index contributed by atoms with van der Waals surface area (Å²) in [7, 11) is 0. The largest absolute Gasteiger partial charge is 0.380 e. The Morgan fingerprint density at radius 3 is 3.00 bits per heavy atom. The molecule has 4 nitrogen and oxygen atoms in total. The molecule has 1 aromatic heterocycles. The molecular weight excluding hydrogens is 226 g/mol. The zero-order valence-electron chi connectivity index (χ0n) is 10.8. The summed E-state index contributed by atoms with van der Waals surface area (Å²) in [5.41, 5.74) is 1.27. The van der Waals surface area contributed by atoms with Gasteiger partial charge in [0.15, 0.2) is 0 Å². The van der Waals surface area contributed by atoms with E-state index in [1.165, 1.54) is 18.4 Å². The second kappa shape index (κ2) is 5.67. The quantitative estimate of drug-likeness (QED) is 0.876. The number of nitrogens with one attached hydrogen (secondary N) is 1. The van der Waals surface area contributed by atoms with E-state index < -0.39 is 0 Å². The molecule has 1 aliphatic carbocycles. The summed E-state index contributed by atoms with van der Waals surface area (Å²) >= 11 is 0. The van der Waals surface area contributed by atoms with Gasteiger partial charge in [0.2, 0.25) is 0 Å². The molecule has 1 aliphatic heterocycles. The fourth-order valence-electron chi connectivity index (χ4n) is 2.23. The van der Waals surface area contributed by atoms with Gasteiger partial charge in [0, 0.05) is 38.5 Å². The average molecular weight is 247 g/mol. The Hall–Kier alpha value is -1.13. The number of hydrogen-bond donors (Lipinski definition) is 1. The van der Waals surface area contributed by atoms with Crippen LogP contribution in [0.25, 0.3) is 0 Å². The van der Waals surface area contributed by atoms with Crippen LogP contribution in [0.15, 0.2) is 18.3 Å². The van der Waals surface area contributed by atoms with Crippen molar-refractivity contribution in [1.82, 2.24) is 10.3 Å². The standard InChI is InChI=1S/C14H21N3O/c1-6-17(7-9-18-8-1)14-5-2-12(11-16-14)10-15-13-3-4-13/h2,5,11,13,15H,1,3-4,6-10H2. The van der Waals surface area contributed by atoms with Crippen LogP contribution in [0.2, 0.25) is 0 Å². The molecule has 1 saturated carbocycles. The van der Waals surface area contributed by atoms with Crippen LogP contribution in [0.3, 0.4) is 0 Å². The summed E-state index contributed by atoms with van der Waals surface area (Å²) in [6, 6.07) is 5.08. The van der Waals surface area contributed by atoms with Crippen molar-refractivity contribution in [2.75, 3.05) is 31.2 Å². The normalized spacial score (nSPS) is 20.8. The number of rotatable bonds is 4. The third kappa shape index (κ3) is 3.21.